The molecular formula is C9H12N2O2. The second-order valence-corrected chi connectivity index (χ2v) is 2.88. The smallest absolute Gasteiger partial charge is 0.250 e. The summed E-state index contributed by atoms with van der Waals surface area (Å²) < 4.78 is 0. The Morgan fingerprint density at radius 1 is 1.77 bits per heavy atom. The van der Waals surface area contributed by atoms with Gasteiger partial charge in [0, 0.05) is 12.1 Å². The van der Waals surface area contributed by atoms with Gasteiger partial charge in [-0.2, -0.15) is 0 Å². The summed E-state index contributed by atoms with van der Waals surface area (Å²) in [5.41, 5.74) is 6.08. The number of aromatic nitrogens is 1. The lowest BCUT2D eigenvalue weighted by Crippen LogP contribution is -2.17. The molecule has 0 bridgehead atoms. The molecule has 0 aliphatic rings. The fraction of sp³-hybridized carbons (Fsp3) is 0.333. The molecule has 0 spiro atoms. The van der Waals surface area contributed by atoms with Crippen LogP contribution in [0.1, 0.15) is 28.9 Å². The summed E-state index contributed by atoms with van der Waals surface area (Å²) >= 11 is 0. The van der Waals surface area contributed by atoms with Crippen LogP contribution in [0.4, 0.5) is 0 Å². The minimum atomic E-state index is -0.511. The number of hydrogen-bond acceptors (Lipinski definition) is 3. The molecular weight excluding hydrogens is 168 g/mol. The average Bonchev–Trinajstić information content (AvgIpc) is 2.16. The fourth-order valence-corrected chi connectivity index (χ4v) is 1.11. The predicted octanol–water partition coefficient (Wildman–Crippen LogP) is 0.276. The SMILES string of the molecule is C[C@@H](CO)c1ncccc1C(N)=O. The molecule has 1 atom stereocenters. The number of pyridine rings is 1. The van der Waals surface area contributed by atoms with Gasteiger partial charge in [-0.25, -0.2) is 0 Å². The van der Waals surface area contributed by atoms with E-state index in [0.717, 1.165) is 0 Å². The van der Waals surface area contributed by atoms with Gasteiger partial charge in [-0.3, -0.25) is 9.78 Å². The van der Waals surface area contributed by atoms with Gasteiger partial charge >= 0.3 is 0 Å². The number of nitrogens with zero attached hydrogens (tertiary/aromatic N) is 1. The lowest BCUT2D eigenvalue weighted by atomic mass is 10.0. The number of aliphatic hydroxyl groups is 1. The van der Waals surface area contributed by atoms with Gasteiger partial charge in [-0.05, 0) is 12.1 Å². The maximum absolute atomic E-state index is 10.9. The van der Waals surface area contributed by atoms with Crippen LogP contribution in [0.25, 0.3) is 0 Å². The number of rotatable bonds is 3. The Balaban J connectivity index is 3.11. The summed E-state index contributed by atoms with van der Waals surface area (Å²) in [7, 11) is 0. The third-order valence-corrected chi connectivity index (χ3v) is 1.84. The van der Waals surface area contributed by atoms with E-state index in [-0.39, 0.29) is 12.5 Å². The second-order valence-electron chi connectivity index (χ2n) is 2.88. The summed E-state index contributed by atoms with van der Waals surface area (Å²) in [5.74, 6) is -0.674. The van der Waals surface area contributed by atoms with Gasteiger partial charge in [0.05, 0.1) is 17.9 Å². The monoisotopic (exact) mass is 180 g/mol. The molecule has 1 heterocycles. The van der Waals surface area contributed by atoms with Crippen LogP contribution in [-0.2, 0) is 0 Å². The maximum Gasteiger partial charge on any atom is 0.250 e. The first-order valence-electron chi connectivity index (χ1n) is 4.02. The van der Waals surface area contributed by atoms with Crippen molar-refractivity contribution in [3.05, 3.63) is 29.6 Å². The number of primary amides is 1. The number of carbonyl (C=O) groups is 1. The first-order valence-corrected chi connectivity index (χ1v) is 4.02. The Morgan fingerprint density at radius 3 is 3.00 bits per heavy atom. The summed E-state index contributed by atoms with van der Waals surface area (Å²) in [5, 5.41) is 8.90. The topological polar surface area (TPSA) is 76.2 Å². The van der Waals surface area contributed by atoms with Crippen molar-refractivity contribution in [2.24, 2.45) is 5.73 Å². The Morgan fingerprint density at radius 2 is 2.46 bits per heavy atom. The van der Waals surface area contributed by atoms with Crippen molar-refractivity contribution in [1.29, 1.82) is 0 Å². The van der Waals surface area contributed by atoms with Crippen molar-refractivity contribution in [2.45, 2.75) is 12.8 Å². The summed E-state index contributed by atoms with van der Waals surface area (Å²) in [4.78, 5) is 15.0. The molecule has 13 heavy (non-hydrogen) atoms. The third-order valence-electron chi connectivity index (χ3n) is 1.84. The lowest BCUT2D eigenvalue weighted by molar-refractivity contribution is 0.0998. The average molecular weight is 180 g/mol. The fourth-order valence-electron chi connectivity index (χ4n) is 1.11. The Labute approximate surface area is 76.4 Å². The first kappa shape index (κ1) is 9.67. The van der Waals surface area contributed by atoms with E-state index in [0.29, 0.717) is 11.3 Å². The minimum Gasteiger partial charge on any atom is -0.396 e. The van der Waals surface area contributed by atoms with Gasteiger partial charge in [0.1, 0.15) is 0 Å². The van der Waals surface area contributed by atoms with Crippen molar-refractivity contribution in [3.8, 4) is 0 Å². The molecule has 4 heteroatoms. The van der Waals surface area contributed by atoms with E-state index < -0.39 is 5.91 Å². The number of aliphatic hydroxyl groups excluding tert-OH is 1. The molecule has 0 fully saturated rings. The van der Waals surface area contributed by atoms with Gasteiger partial charge in [-0.1, -0.05) is 6.92 Å². The van der Waals surface area contributed by atoms with Gasteiger partial charge in [0.2, 0.25) is 0 Å². The van der Waals surface area contributed by atoms with Crippen LogP contribution in [0.5, 0.6) is 0 Å². The molecule has 3 N–H and O–H groups in total. The standard InChI is InChI=1S/C9H12N2O2/c1-6(5-12)8-7(9(10)13)3-2-4-11-8/h2-4,6,12H,5H2,1H3,(H2,10,13)/t6-/m0/s1. The van der Waals surface area contributed by atoms with Gasteiger partial charge in [-0.15, -0.1) is 0 Å². The molecule has 0 unspecified atom stereocenters. The quantitative estimate of drug-likeness (QED) is 0.701. The Kier molecular flexibility index (Phi) is 2.97. The van der Waals surface area contributed by atoms with E-state index in [1.165, 1.54) is 0 Å². The molecule has 70 valence electrons. The van der Waals surface area contributed by atoms with Crippen LogP contribution in [0, 0.1) is 0 Å². The van der Waals surface area contributed by atoms with Gasteiger partial charge in [0.15, 0.2) is 0 Å². The maximum atomic E-state index is 10.9. The van der Waals surface area contributed by atoms with Crippen LogP contribution < -0.4 is 5.73 Å². The van der Waals surface area contributed by atoms with E-state index in [9.17, 15) is 4.79 Å². The highest BCUT2D eigenvalue weighted by Crippen LogP contribution is 2.15. The van der Waals surface area contributed by atoms with Crippen molar-refractivity contribution < 1.29 is 9.90 Å². The Hall–Kier alpha value is -1.42. The number of nitrogens with two attached hydrogens (primary N) is 1. The predicted molar refractivity (Wildman–Crippen MR) is 48.3 cm³/mol. The zero-order valence-electron chi connectivity index (χ0n) is 7.40. The third kappa shape index (κ3) is 2.03. The van der Waals surface area contributed by atoms with Crippen molar-refractivity contribution in [1.82, 2.24) is 4.98 Å². The molecule has 1 aromatic heterocycles. The van der Waals surface area contributed by atoms with E-state index in [1.807, 2.05) is 0 Å². The van der Waals surface area contributed by atoms with Crippen LogP contribution in [0.3, 0.4) is 0 Å². The van der Waals surface area contributed by atoms with Gasteiger partial charge < -0.3 is 10.8 Å². The van der Waals surface area contributed by atoms with E-state index in [1.54, 1.807) is 25.3 Å². The van der Waals surface area contributed by atoms with Crippen molar-refractivity contribution in [3.63, 3.8) is 0 Å². The first-order chi connectivity index (χ1) is 6.16. The van der Waals surface area contributed by atoms with Crippen molar-refractivity contribution in [2.75, 3.05) is 6.61 Å². The second kappa shape index (κ2) is 4.00. The molecule has 0 aliphatic heterocycles. The summed E-state index contributed by atoms with van der Waals surface area (Å²) in [6.45, 7) is 1.74. The van der Waals surface area contributed by atoms with Crippen molar-refractivity contribution >= 4 is 5.91 Å². The molecule has 1 aromatic rings. The van der Waals surface area contributed by atoms with E-state index in [2.05, 4.69) is 4.98 Å². The summed E-state index contributed by atoms with van der Waals surface area (Å²) in [6.07, 6.45) is 1.58. The van der Waals surface area contributed by atoms with Crippen LogP contribution >= 0.6 is 0 Å². The minimum absolute atomic E-state index is 0.0444. The number of hydrogen-bond donors (Lipinski definition) is 2. The highest BCUT2D eigenvalue weighted by Gasteiger charge is 2.13. The van der Waals surface area contributed by atoms with Gasteiger partial charge in [0.25, 0.3) is 5.91 Å². The zero-order chi connectivity index (χ0) is 9.84. The zero-order valence-corrected chi connectivity index (χ0v) is 7.40. The molecule has 4 nitrogen and oxygen atoms in total. The molecule has 0 saturated carbocycles. The van der Waals surface area contributed by atoms with Crippen LogP contribution in [0.15, 0.2) is 18.3 Å². The molecule has 0 aliphatic carbocycles. The number of amides is 1. The van der Waals surface area contributed by atoms with E-state index >= 15 is 0 Å². The normalized spacial score (nSPS) is 12.5. The Bertz CT molecular complexity index is 312. The van der Waals surface area contributed by atoms with E-state index in [4.69, 9.17) is 10.8 Å². The molecule has 1 amide bonds. The van der Waals surface area contributed by atoms with Crippen LogP contribution in [-0.4, -0.2) is 22.6 Å². The largest absolute Gasteiger partial charge is 0.396 e. The molecule has 0 radical (unpaired) electrons. The van der Waals surface area contributed by atoms with Crippen LogP contribution in [0.2, 0.25) is 0 Å². The molecule has 0 saturated heterocycles. The highest BCUT2D eigenvalue weighted by atomic mass is 16.3. The highest BCUT2D eigenvalue weighted by molar-refractivity contribution is 5.93. The molecule has 1 rings (SSSR count). The lowest BCUT2D eigenvalue weighted by Gasteiger charge is -2.09. The number of carbonyl (C=O) groups excluding carboxylic acids is 1. The molecule has 0 aromatic carbocycles. The summed E-state index contributed by atoms with van der Waals surface area (Å²) in [6, 6.07) is 3.25.